The van der Waals surface area contributed by atoms with Gasteiger partial charge in [0, 0.05) is 4.83 Å². The van der Waals surface area contributed by atoms with Gasteiger partial charge in [0.1, 0.15) is 5.76 Å². The quantitative estimate of drug-likeness (QED) is 0.333. The van der Waals surface area contributed by atoms with E-state index >= 15 is 0 Å². The number of aliphatic hydroxyl groups excluding tert-OH is 1. The van der Waals surface area contributed by atoms with Gasteiger partial charge in [0.2, 0.25) is 0 Å². The van der Waals surface area contributed by atoms with Crippen molar-refractivity contribution in [2.75, 3.05) is 0 Å². The van der Waals surface area contributed by atoms with Crippen LogP contribution in [0.5, 0.6) is 0 Å². The van der Waals surface area contributed by atoms with Crippen molar-refractivity contribution in [1.82, 2.24) is 0 Å². The van der Waals surface area contributed by atoms with E-state index in [1.165, 1.54) is 62.5 Å². The topological polar surface area (TPSA) is 20.2 Å². The van der Waals surface area contributed by atoms with Gasteiger partial charge in [0.25, 0.3) is 0 Å². The molecule has 24 heavy (non-hydrogen) atoms. The van der Waals surface area contributed by atoms with Gasteiger partial charge >= 0.3 is 0 Å². The Balaban J connectivity index is 1.81. The molecule has 0 heterocycles. The highest BCUT2D eigenvalue weighted by molar-refractivity contribution is 9.09. The molecule has 0 aromatic rings. The molecule has 1 N–H and O–H groups in total. The van der Waals surface area contributed by atoms with Gasteiger partial charge < -0.3 is 5.11 Å². The van der Waals surface area contributed by atoms with Crippen LogP contribution in [0.3, 0.4) is 0 Å². The fourth-order valence-corrected chi connectivity index (χ4v) is 6.90. The number of aliphatic hydroxyl groups is 1. The van der Waals surface area contributed by atoms with E-state index in [4.69, 9.17) is 0 Å². The van der Waals surface area contributed by atoms with E-state index in [-0.39, 0.29) is 4.83 Å². The van der Waals surface area contributed by atoms with E-state index in [0.717, 1.165) is 6.42 Å². The number of alkyl halides is 2. The van der Waals surface area contributed by atoms with E-state index in [9.17, 15) is 5.11 Å². The number of hydrogen-bond donors (Lipinski definition) is 1. The monoisotopic (exact) mass is 454 g/mol. The first kappa shape index (κ1) is 17.4. The predicted octanol–water partition coefficient (Wildman–Crippen LogP) is 6.98. The smallest absolute Gasteiger partial charge is 0.110 e. The highest BCUT2D eigenvalue weighted by atomic mass is 79.9. The average molecular weight is 456 g/mol. The number of fused-ring (bicyclic) bond motifs is 1. The second kappa shape index (κ2) is 6.95. The maximum atomic E-state index is 11.1. The Hall–Kier alpha value is -0.0200. The molecule has 4 aliphatic rings. The highest BCUT2D eigenvalue weighted by Gasteiger charge is 2.44. The van der Waals surface area contributed by atoms with Gasteiger partial charge in [-0.15, -0.1) is 0 Å². The Morgan fingerprint density at radius 3 is 2.62 bits per heavy atom. The van der Waals surface area contributed by atoms with Crippen molar-refractivity contribution in [2.45, 2.75) is 74.4 Å². The van der Waals surface area contributed by atoms with Crippen molar-refractivity contribution in [3.8, 4) is 0 Å². The van der Waals surface area contributed by atoms with Gasteiger partial charge in [-0.1, -0.05) is 62.4 Å². The van der Waals surface area contributed by atoms with Gasteiger partial charge in [-0.2, -0.15) is 0 Å². The summed E-state index contributed by atoms with van der Waals surface area (Å²) in [6.45, 7) is 2.38. The van der Waals surface area contributed by atoms with Crippen molar-refractivity contribution < 1.29 is 5.11 Å². The lowest BCUT2D eigenvalue weighted by Gasteiger charge is -2.46. The predicted molar refractivity (Wildman–Crippen MR) is 108 cm³/mol. The molecular weight excluding hydrogens is 428 g/mol. The van der Waals surface area contributed by atoms with Crippen LogP contribution in [0.2, 0.25) is 0 Å². The van der Waals surface area contributed by atoms with E-state index in [1.54, 1.807) is 11.1 Å². The van der Waals surface area contributed by atoms with Gasteiger partial charge in [0.15, 0.2) is 0 Å². The van der Waals surface area contributed by atoms with Crippen LogP contribution >= 0.6 is 31.9 Å². The van der Waals surface area contributed by atoms with E-state index in [1.807, 2.05) is 0 Å². The lowest BCUT2D eigenvalue weighted by Crippen LogP contribution is -2.38. The summed E-state index contributed by atoms with van der Waals surface area (Å²) in [4.78, 5) is 0.568. The van der Waals surface area contributed by atoms with E-state index in [2.05, 4.69) is 44.9 Å². The molecule has 5 atom stereocenters. The summed E-state index contributed by atoms with van der Waals surface area (Å²) in [5.74, 6) is 2.33. The van der Waals surface area contributed by atoms with E-state index in [0.29, 0.717) is 28.3 Å². The molecular formula is C21H28Br2O. The molecule has 0 aromatic carbocycles. The maximum Gasteiger partial charge on any atom is 0.110 e. The van der Waals surface area contributed by atoms with Crippen molar-refractivity contribution in [1.29, 1.82) is 0 Å². The lowest BCUT2D eigenvalue weighted by molar-refractivity contribution is 0.245. The van der Waals surface area contributed by atoms with Crippen LogP contribution in [-0.2, 0) is 0 Å². The van der Waals surface area contributed by atoms with Gasteiger partial charge in [-0.05, 0) is 80.3 Å². The molecule has 1 fully saturated rings. The first-order valence-corrected chi connectivity index (χ1v) is 11.5. The third-order valence-corrected chi connectivity index (χ3v) is 8.68. The molecule has 4 aliphatic carbocycles. The van der Waals surface area contributed by atoms with Gasteiger partial charge in [0.05, 0.1) is 4.83 Å². The Morgan fingerprint density at radius 2 is 1.79 bits per heavy atom. The summed E-state index contributed by atoms with van der Waals surface area (Å²) in [7, 11) is 0. The van der Waals surface area contributed by atoms with Crippen molar-refractivity contribution >= 4 is 31.9 Å². The third-order valence-electron chi connectivity index (χ3n) is 6.82. The summed E-state index contributed by atoms with van der Waals surface area (Å²) in [5, 5.41) is 11.1. The summed E-state index contributed by atoms with van der Waals surface area (Å²) in [6, 6.07) is 0. The van der Waals surface area contributed by atoms with Gasteiger partial charge in [-0.3, -0.25) is 0 Å². The fourth-order valence-electron chi connectivity index (χ4n) is 5.59. The summed E-state index contributed by atoms with van der Waals surface area (Å²) < 4.78 is 0. The van der Waals surface area contributed by atoms with Crippen molar-refractivity contribution in [3.05, 3.63) is 34.1 Å². The fraction of sp³-hybridized carbons (Fsp3) is 0.714. The Bertz CT molecular complexity index is 615. The van der Waals surface area contributed by atoms with Crippen LogP contribution < -0.4 is 0 Å². The minimum absolute atomic E-state index is 0.128. The molecule has 1 unspecified atom stereocenters. The summed E-state index contributed by atoms with van der Waals surface area (Å²) in [6.07, 6.45) is 13.8. The third kappa shape index (κ3) is 2.88. The number of halogens is 2. The molecule has 0 saturated heterocycles. The molecule has 0 bridgehead atoms. The minimum Gasteiger partial charge on any atom is -0.511 e. The second-order valence-corrected chi connectivity index (χ2v) is 10.3. The Kier molecular flexibility index (Phi) is 5.03. The molecule has 4 rings (SSSR count). The van der Waals surface area contributed by atoms with E-state index < -0.39 is 0 Å². The second-order valence-electron chi connectivity index (χ2n) is 8.18. The molecule has 1 nitrogen and oxygen atoms in total. The highest BCUT2D eigenvalue weighted by Crippen LogP contribution is 2.53. The van der Waals surface area contributed by atoms with Crippen molar-refractivity contribution in [3.63, 3.8) is 0 Å². The van der Waals surface area contributed by atoms with Crippen LogP contribution in [0.25, 0.3) is 0 Å². The van der Waals surface area contributed by atoms with Gasteiger partial charge in [-0.25, -0.2) is 0 Å². The van der Waals surface area contributed by atoms with Crippen molar-refractivity contribution in [2.24, 2.45) is 17.8 Å². The SMILES string of the molecule is C[C@@H]1C(C2=C(O)[C@@H](Br)CC3=C2CCCC3)[C@@H]2CCCCC2=C[C@@H]1Br. The number of allylic oxidation sites excluding steroid dienone is 6. The largest absolute Gasteiger partial charge is 0.511 e. The lowest BCUT2D eigenvalue weighted by atomic mass is 9.61. The van der Waals surface area contributed by atoms with Crippen LogP contribution in [0.1, 0.15) is 64.7 Å². The normalized spacial score (nSPS) is 40.1. The zero-order valence-corrected chi connectivity index (χ0v) is 17.7. The molecule has 132 valence electrons. The molecule has 3 heteroatoms. The standard InChI is InChI=1S/C21H28Br2O/c1-12-17(22)10-13-6-2-4-8-15(13)19(12)20-16-9-5-3-7-14(16)11-18(23)21(20)24/h10,12,15,17-19,24H,2-9,11H2,1H3/t12-,15+,17-,18-,19?/m0/s1. The van der Waals surface area contributed by atoms with Crippen LogP contribution in [-0.4, -0.2) is 14.8 Å². The minimum atomic E-state index is 0.128. The van der Waals surface area contributed by atoms with Crippen LogP contribution in [0.4, 0.5) is 0 Å². The zero-order valence-electron chi connectivity index (χ0n) is 14.5. The summed E-state index contributed by atoms with van der Waals surface area (Å²) >= 11 is 7.71. The first-order valence-electron chi connectivity index (χ1n) is 9.71. The Morgan fingerprint density at radius 1 is 1.04 bits per heavy atom. The Labute approximate surface area is 162 Å². The maximum absolute atomic E-state index is 11.1. The molecule has 0 amide bonds. The van der Waals surface area contributed by atoms with Crippen LogP contribution in [0, 0.1) is 17.8 Å². The zero-order chi connectivity index (χ0) is 16.8. The molecule has 0 radical (unpaired) electrons. The molecule has 0 aliphatic heterocycles. The molecule has 0 aromatic heterocycles. The van der Waals surface area contributed by atoms with Crippen LogP contribution in [0.15, 0.2) is 34.1 Å². The number of hydrogen-bond acceptors (Lipinski definition) is 1. The molecule has 1 saturated carbocycles. The first-order chi connectivity index (χ1) is 11.6. The number of rotatable bonds is 1. The molecule has 0 spiro atoms. The average Bonchev–Trinajstić information content (AvgIpc) is 2.58. The summed E-state index contributed by atoms with van der Waals surface area (Å²) in [5.41, 5.74) is 6.16.